The highest BCUT2D eigenvalue weighted by molar-refractivity contribution is 5.40. The molecule has 0 saturated heterocycles. The van der Waals surface area contributed by atoms with Crippen molar-refractivity contribution in [3.05, 3.63) is 23.9 Å². The van der Waals surface area contributed by atoms with Crippen LogP contribution in [-0.4, -0.2) is 24.6 Å². The summed E-state index contributed by atoms with van der Waals surface area (Å²) in [5.41, 5.74) is 7.12. The molecule has 0 aliphatic carbocycles. The molecule has 0 aromatic carbocycles. The van der Waals surface area contributed by atoms with E-state index in [1.54, 1.807) is 0 Å². The van der Waals surface area contributed by atoms with Crippen LogP contribution in [0, 0.1) is 5.92 Å². The fraction of sp³-hybridized carbons (Fsp3) is 0.667. The molecule has 3 nitrogen and oxygen atoms in total. The van der Waals surface area contributed by atoms with Gasteiger partial charge in [0.15, 0.2) is 0 Å². The molecule has 0 radical (unpaired) electrons. The van der Waals surface area contributed by atoms with Gasteiger partial charge in [0.1, 0.15) is 5.82 Å². The average molecular weight is 249 g/mol. The van der Waals surface area contributed by atoms with Crippen LogP contribution in [0.3, 0.4) is 0 Å². The number of aromatic nitrogens is 1. The van der Waals surface area contributed by atoms with Crippen molar-refractivity contribution in [3.8, 4) is 0 Å². The number of pyridine rings is 1. The largest absolute Gasteiger partial charge is 0.357 e. The van der Waals surface area contributed by atoms with Gasteiger partial charge in [0.2, 0.25) is 0 Å². The van der Waals surface area contributed by atoms with Crippen LogP contribution < -0.4 is 10.6 Å². The van der Waals surface area contributed by atoms with Gasteiger partial charge in [-0.3, -0.25) is 0 Å². The van der Waals surface area contributed by atoms with Crippen LogP contribution in [0.15, 0.2) is 18.3 Å². The van der Waals surface area contributed by atoms with Crippen LogP contribution >= 0.6 is 0 Å². The van der Waals surface area contributed by atoms with Crippen LogP contribution in [0.1, 0.15) is 40.2 Å². The summed E-state index contributed by atoms with van der Waals surface area (Å²) < 4.78 is 0. The molecule has 1 heterocycles. The summed E-state index contributed by atoms with van der Waals surface area (Å²) in [6, 6.07) is 4.30. The van der Waals surface area contributed by atoms with Crippen molar-refractivity contribution in [1.82, 2.24) is 4.98 Å². The molecule has 0 aliphatic rings. The Balaban J connectivity index is 2.82. The maximum Gasteiger partial charge on any atom is 0.128 e. The highest BCUT2D eigenvalue weighted by Gasteiger charge is 2.15. The van der Waals surface area contributed by atoms with Crippen LogP contribution in [0.5, 0.6) is 0 Å². The molecule has 0 amide bonds. The smallest absolute Gasteiger partial charge is 0.128 e. The fourth-order valence-corrected chi connectivity index (χ4v) is 1.85. The van der Waals surface area contributed by atoms with E-state index in [2.05, 4.69) is 56.6 Å². The summed E-state index contributed by atoms with van der Waals surface area (Å²) >= 11 is 0. The van der Waals surface area contributed by atoms with Gasteiger partial charge in [-0.2, -0.15) is 0 Å². The second-order valence-corrected chi connectivity index (χ2v) is 6.03. The Labute approximate surface area is 111 Å². The number of nitrogens with two attached hydrogens (primary N) is 1. The molecular formula is C15H27N3. The predicted octanol–water partition coefficient (Wildman–Crippen LogP) is 2.80. The van der Waals surface area contributed by atoms with E-state index in [1.807, 2.05) is 6.20 Å². The number of rotatable bonds is 5. The quantitative estimate of drug-likeness (QED) is 0.872. The lowest BCUT2D eigenvalue weighted by molar-refractivity contribution is 0.570. The van der Waals surface area contributed by atoms with Gasteiger partial charge in [-0.05, 0) is 36.4 Å². The van der Waals surface area contributed by atoms with E-state index in [0.717, 1.165) is 25.5 Å². The van der Waals surface area contributed by atoms with E-state index >= 15 is 0 Å². The Morgan fingerprint density at radius 3 is 2.39 bits per heavy atom. The Hall–Kier alpha value is -1.09. The molecule has 1 rings (SSSR count). The molecule has 1 unspecified atom stereocenters. The van der Waals surface area contributed by atoms with Gasteiger partial charge >= 0.3 is 0 Å². The Bertz CT molecular complexity index is 351. The van der Waals surface area contributed by atoms with E-state index < -0.39 is 0 Å². The lowest BCUT2D eigenvalue weighted by Gasteiger charge is -2.26. The molecule has 2 N–H and O–H groups in total. The van der Waals surface area contributed by atoms with Crippen molar-refractivity contribution < 1.29 is 0 Å². The van der Waals surface area contributed by atoms with E-state index in [1.165, 1.54) is 5.56 Å². The lowest BCUT2D eigenvalue weighted by Crippen LogP contribution is -2.32. The van der Waals surface area contributed by atoms with Gasteiger partial charge in [-0.1, -0.05) is 33.8 Å². The second kappa shape index (κ2) is 6.19. The van der Waals surface area contributed by atoms with Crippen molar-refractivity contribution in [1.29, 1.82) is 0 Å². The molecular weight excluding hydrogens is 222 g/mol. The van der Waals surface area contributed by atoms with Gasteiger partial charge in [0, 0.05) is 19.3 Å². The summed E-state index contributed by atoms with van der Waals surface area (Å²) in [4.78, 5) is 6.87. The maximum absolute atomic E-state index is 5.69. The zero-order valence-electron chi connectivity index (χ0n) is 12.4. The molecule has 0 saturated carbocycles. The molecule has 1 aromatic rings. The Kier molecular flexibility index (Phi) is 5.15. The second-order valence-electron chi connectivity index (χ2n) is 6.03. The number of hydrogen-bond acceptors (Lipinski definition) is 3. The Morgan fingerprint density at radius 2 is 2.00 bits per heavy atom. The maximum atomic E-state index is 5.69. The average Bonchev–Trinajstić information content (AvgIpc) is 2.34. The monoisotopic (exact) mass is 249 g/mol. The molecule has 0 bridgehead atoms. The summed E-state index contributed by atoms with van der Waals surface area (Å²) in [5.74, 6) is 1.54. The van der Waals surface area contributed by atoms with Gasteiger partial charge in [-0.15, -0.1) is 0 Å². The zero-order valence-corrected chi connectivity index (χ0v) is 12.4. The zero-order chi connectivity index (χ0) is 13.8. The van der Waals surface area contributed by atoms with Crippen LogP contribution in [0.25, 0.3) is 0 Å². The molecule has 0 aliphatic heterocycles. The fourth-order valence-electron chi connectivity index (χ4n) is 1.85. The topological polar surface area (TPSA) is 42.1 Å². The third-order valence-corrected chi connectivity index (χ3v) is 3.25. The first-order valence-electron chi connectivity index (χ1n) is 6.80. The third-order valence-electron chi connectivity index (χ3n) is 3.25. The minimum Gasteiger partial charge on any atom is -0.357 e. The van der Waals surface area contributed by atoms with Crippen molar-refractivity contribution in [2.45, 2.75) is 40.0 Å². The summed E-state index contributed by atoms with van der Waals surface area (Å²) in [6.07, 6.45) is 1.99. The number of anilines is 1. The molecule has 102 valence electrons. The van der Waals surface area contributed by atoms with Gasteiger partial charge in [0.05, 0.1) is 0 Å². The van der Waals surface area contributed by atoms with Crippen molar-refractivity contribution in [2.24, 2.45) is 11.7 Å². The Morgan fingerprint density at radius 1 is 1.33 bits per heavy atom. The van der Waals surface area contributed by atoms with Crippen LogP contribution in [0.4, 0.5) is 5.82 Å². The van der Waals surface area contributed by atoms with E-state index in [4.69, 9.17) is 5.73 Å². The molecule has 1 atom stereocenters. The van der Waals surface area contributed by atoms with Crippen molar-refractivity contribution in [3.63, 3.8) is 0 Å². The van der Waals surface area contributed by atoms with Crippen LogP contribution in [-0.2, 0) is 5.41 Å². The minimum atomic E-state index is 0.160. The van der Waals surface area contributed by atoms with Gasteiger partial charge in [0.25, 0.3) is 0 Å². The third kappa shape index (κ3) is 3.98. The van der Waals surface area contributed by atoms with Gasteiger partial charge in [-0.25, -0.2) is 4.98 Å². The van der Waals surface area contributed by atoms with E-state index in [-0.39, 0.29) is 5.41 Å². The SMILES string of the molecule is CCN(CC(C)CN)c1ccc(C(C)(C)C)cn1. The molecule has 1 aromatic heterocycles. The van der Waals surface area contributed by atoms with Crippen molar-refractivity contribution >= 4 is 5.82 Å². The van der Waals surface area contributed by atoms with E-state index in [9.17, 15) is 0 Å². The predicted molar refractivity (Wildman–Crippen MR) is 79.0 cm³/mol. The summed E-state index contributed by atoms with van der Waals surface area (Å²) in [5, 5.41) is 0. The first-order chi connectivity index (χ1) is 8.38. The minimum absolute atomic E-state index is 0.160. The summed E-state index contributed by atoms with van der Waals surface area (Å²) in [6.45, 7) is 13.6. The first kappa shape index (κ1) is 15.0. The van der Waals surface area contributed by atoms with Crippen LogP contribution in [0.2, 0.25) is 0 Å². The molecule has 3 heteroatoms. The first-order valence-corrected chi connectivity index (χ1v) is 6.80. The van der Waals surface area contributed by atoms with Gasteiger partial charge < -0.3 is 10.6 Å². The number of nitrogens with zero attached hydrogens (tertiary/aromatic N) is 2. The molecule has 0 spiro atoms. The normalized spacial score (nSPS) is 13.4. The highest BCUT2D eigenvalue weighted by Crippen LogP contribution is 2.23. The highest BCUT2D eigenvalue weighted by atomic mass is 15.2. The van der Waals surface area contributed by atoms with E-state index in [0.29, 0.717) is 5.92 Å². The molecule has 18 heavy (non-hydrogen) atoms. The molecule has 0 fully saturated rings. The lowest BCUT2D eigenvalue weighted by atomic mass is 9.88. The summed E-state index contributed by atoms with van der Waals surface area (Å²) in [7, 11) is 0. The standard InChI is InChI=1S/C15H27N3/c1-6-18(11-12(2)9-16)14-8-7-13(10-17-14)15(3,4)5/h7-8,10,12H,6,9,11,16H2,1-5H3. The van der Waals surface area contributed by atoms with Crippen molar-refractivity contribution in [2.75, 3.05) is 24.5 Å². The number of hydrogen-bond donors (Lipinski definition) is 1.